The topological polar surface area (TPSA) is 177 Å². The molecule has 7 N–H and O–H groups in total. The van der Waals surface area contributed by atoms with Crippen LogP contribution in [0.1, 0.15) is 99.3 Å². The van der Waals surface area contributed by atoms with E-state index < -0.39 is 77.7 Å². The Balaban J connectivity index is 1.38. The molecule has 1 saturated heterocycles. The number of ether oxygens (including phenoxy) is 2. The van der Waals surface area contributed by atoms with Crippen molar-refractivity contribution in [1.82, 2.24) is 0 Å². The van der Waals surface area contributed by atoms with Crippen LogP contribution >= 0.6 is 0 Å². The van der Waals surface area contributed by atoms with Crippen molar-refractivity contribution in [2.24, 2.45) is 50.2 Å². The van der Waals surface area contributed by atoms with E-state index in [1.165, 1.54) is 0 Å². The van der Waals surface area contributed by atoms with E-state index >= 15 is 0 Å². The fourth-order valence-corrected chi connectivity index (χ4v) is 12.0. The summed E-state index contributed by atoms with van der Waals surface area (Å²) in [5.74, 6) is -0.636. The first-order valence-electron chi connectivity index (χ1n) is 17.6. The lowest BCUT2D eigenvalue weighted by molar-refractivity contribution is -0.298. The van der Waals surface area contributed by atoms with Crippen LogP contribution < -0.4 is 0 Å². The van der Waals surface area contributed by atoms with E-state index in [0.29, 0.717) is 38.0 Å². The monoisotopic (exact) mass is 650 g/mol. The molecule has 1 heterocycles. The lowest BCUT2D eigenvalue weighted by atomic mass is 9.33. The Morgan fingerprint density at radius 2 is 1.52 bits per heavy atom. The Labute approximate surface area is 273 Å². The summed E-state index contributed by atoms with van der Waals surface area (Å²) < 4.78 is 11.4. The molecule has 1 aliphatic heterocycles. The first-order valence-corrected chi connectivity index (χ1v) is 17.6. The van der Waals surface area contributed by atoms with Crippen molar-refractivity contribution >= 4 is 5.97 Å². The molecule has 10 heteroatoms. The molecule has 0 bridgehead atoms. The van der Waals surface area contributed by atoms with E-state index in [2.05, 4.69) is 26.8 Å². The average Bonchev–Trinajstić information content (AvgIpc) is 3.01. The second-order valence-electron chi connectivity index (χ2n) is 17.7. The van der Waals surface area contributed by atoms with Gasteiger partial charge in [-0.05, 0) is 91.3 Å². The van der Waals surface area contributed by atoms with E-state index in [4.69, 9.17) is 9.47 Å². The maximum Gasteiger partial charge on any atom is 0.315 e. The highest BCUT2D eigenvalue weighted by molar-refractivity contribution is 5.79. The third-order valence-corrected chi connectivity index (χ3v) is 15.5. The lowest BCUT2D eigenvalue weighted by Crippen LogP contribution is -2.67. The van der Waals surface area contributed by atoms with Crippen LogP contribution in [0.4, 0.5) is 0 Å². The van der Waals surface area contributed by atoms with E-state index in [0.717, 1.165) is 31.3 Å². The molecule has 6 aliphatic rings. The maximum absolute atomic E-state index is 14.4. The van der Waals surface area contributed by atoms with E-state index in [1.807, 2.05) is 20.8 Å². The SMILES string of the molecule is CC1(C)CC[C@]2(C(=O)O[C@@H]3O[C@H](CO)[C@@H](O)[C@H](O)[C@H]3O)CC[C@]3(C)C(=CC[C@@H]4[C@@]5(C)CC[C@H](O)[C@](C)(CO)[C@@H]5CC[C@]43C)[C@H]2[C@@H]1O. The van der Waals surface area contributed by atoms with Crippen molar-refractivity contribution in [1.29, 1.82) is 0 Å². The van der Waals surface area contributed by atoms with Gasteiger partial charge >= 0.3 is 5.97 Å². The molecule has 0 unspecified atom stereocenters. The zero-order valence-electron chi connectivity index (χ0n) is 28.5. The van der Waals surface area contributed by atoms with Crippen molar-refractivity contribution in [3.05, 3.63) is 11.6 Å². The van der Waals surface area contributed by atoms with Gasteiger partial charge in [0.1, 0.15) is 24.4 Å². The fourth-order valence-electron chi connectivity index (χ4n) is 12.0. The highest BCUT2D eigenvalue weighted by atomic mass is 16.7. The van der Waals surface area contributed by atoms with Crippen LogP contribution in [0.15, 0.2) is 11.6 Å². The number of fused-ring (bicyclic) bond motifs is 7. The van der Waals surface area contributed by atoms with Gasteiger partial charge in [0, 0.05) is 11.3 Å². The number of carbonyl (C=O) groups excluding carboxylic acids is 1. The van der Waals surface area contributed by atoms with Crippen LogP contribution in [0.5, 0.6) is 0 Å². The van der Waals surface area contributed by atoms with Crippen molar-refractivity contribution in [3.8, 4) is 0 Å². The predicted molar refractivity (Wildman–Crippen MR) is 168 cm³/mol. The smallest absolute Gasteiger partial charge is 0.315 e. The summed E-state index contributed by atoms with van der Waals surface area (Å²) in [6.45, 7) is 12.5. The van der Waals surface area contributed by atoms with Gasteiger partial charge in [-0.1, -0.05) is 53.2 Å². The molecule has 15 atom stereocenters. The number of esters is 1. The van der Waals surface area contributed by atoms with Gasteiger partial charge in [0.15, 0.2) is 0 Å². The molecular weight excluding hydrogens is 592 g/mol. The largest absolute Gasteiger partial charge is 0.432 e. The van der Waals surface area contributed by atoms with Gasteiger partial charge in [-0.2, -0.15) is 0 Å². The third kappa shape index (κ3) is 4.46. The Morgan fingerprint density at radius 3 is 2.17 bits per heavy atom. The van der Waals surface area contributed by atoms with Crippen LogP contribution in [-0.4, -0.2) is 97.8 Å². The summed E-state index contributed by atoms with van der Waals surface area (Å²) in [7, 11) is 0. The molecule has 0 aromatic heterocycles. The molecule has 10 nitrogen and oxygen atoms in total. The number of carbonyl (C=O) groups is 1. The number of allylic oxidation sites excluding steroid dienone is 1. The Bertz CT molecular complexity index is 1240. The van der Waals surface area contributed by atoms with Gasteiger partial charge < -0.3 is 45.2 Å². The molecular formula is C36H58O10. The number of aliphatic hydroxyl groups excluding tert-OH is 7. The molecule has 0 radical (unpaired) electrons. The Kier molecular flexibility index (Phi) is 8.46. The molecule has 0 aromatic rings. The van der Waals surface area contributed by atoms with Crippen LogP contribution in [0.3, 0.4) is 0 Å². The molecule has 5 aliphatic carbocycles. The Morgan fingerprint density at radius 1 is 0.848 bits per heavy atom. The normalized spacial score (nSPS) is 54.8. The highest BCUT2D eigenvalue weighted by Gasteiger charge is 2.71. The van der Waals surface area contributed by atoms with Crippen LogP contribution in [0, 0.1) is 50.2 Å². The number of aliphatic hydroxyl groups is 7. The first-order chi connectivity index (χ1) is 21.4. The zero-order valence-corrected chi connectivity index (χ0v) is 28.5. The molecule has 0 amide bonds. The minimum Gasteiger partial charge on any atom is -0.432 e. The van der Waals surface area contributed by atoms with E-state index in [9.17, 15) is 40.5 Å². The molecule has 46 heavy (non-hydrogen) atoms. The van der Waals surface area contributed by atoms with Crippen molar-refractivity contribution in [2.45, 2.75) is 142 Å². The fraction of sp³-hybridized carbons (Fsp3) is 0.917. The summed E-state index contributed by atoms with van der Waals surface area (Å²) in [5.41, 5.74) is -1.54. The van der Waals surface area contributed by atoms with E-state index in [-0.39, 0.29) is 28.8 Å². The number of rotatable bonds is 4. The third-order valence-electron chi connectivity index (χ3n) is 15.5. The van der Waals surface area contributed by atoms with E-state index in [1.54, 1.807) is 0 Å². The molecule has 262 valence electrons. The summed E-state index contributed by atoms with van der Waals surface area (Å²) >= 11 is 0. The summed E-state index contributed by atoms with van der Waals surface area (Å²) in [6.07, 6.45) is -0.337. The van der Waals surface area contributed by atoms with Crippen LogP contribution in [0.2, 0.25) is 0 Å². The lowest BCUT2D eigenvalue weighted by Gasteiger charge is -2.71. The van der Waals surface area contributed by atoms with Crippen LogP contribution in [0.25, 0.3) is 0 Å². The minimum absolute atomic E-state index is 0.0430. The molecule has 0 aromatic carbocycles. The molecule has 5 fully saturated rings. The second kappa shape index (κ2) is 11.2. The van der Waals surface area contributed by atoms with Crippen molar-refractivity contribution in [2.75, 3.05) is 13.2 Å². The Hall–Kier alpha value is -1.11. The van der Waals surface area contributed by atoms with Crippen molar-refractivity contribution in [3.63, 3.8) is 0 Å². The summed E-state index contributed by atoms with van der Waals surface area (Å²) in [5, 5.41) is 74.8. The van der Waals surface area contributed by atoms with Gasteiger partial charge in [0.2, 0.25) is 6.29 Å². The number of hydrogen-bond donors (Lipinski definition) is 7. The standard InChI is InChI=1S/C36H58O10/c1-31(2)13-15-36(30(44)46-29-27(42)26(41)25(40)20(17-37)45-29)16-14-34(5)19(24(36)28(31)43)7-8-22-32(3)11-10-23(39)33(4,18-38)21(32)9-12-35(22,34)6/h7,20-29,37-43H,8-18H2,1-6H3/t20-,21-,22-,23+,24+,25-,26+,27-,28+,29+,32+,33-,34-,35-,36+/m1/s1. The zero-order chi connectivity index (χ0) is 33.8. The van der Waals surface area contributed by atoms with Gasteiger partial charge in [0.25, 0.3) is 0 Å². The second-order valence-corrected chi connectivity index (χ2v) is 17.7. The minimum atomic E-state index is -1.70. The predicted octanol–water partition coefficient (Wildman–Crippen LogP) is 2.44. The van der Waals surface area contributed by atoms with Gasteiger partial charge in [-0.25, -0.2) is 0 Å². The summed E-state index contributed by atoms with van der Waals surface area (Å²) in [6, 6.07) is 0. The molecule has 0 spiro atoms. The average molecular weight is 651 g/mol. The summed E-state index contributed by atoms with van der Waals surface area (Å²) in [4.78, 5) is 14.4. The van der Waals surface area contributed by atoms with Gasteiger partial charge in [-0.3, -0.25) is 4.79 Å². The number of hydrogen-bond acceptors (Lipinski definition) is 10. The molecule has 6 rings (SSSR count). The van der Waals surface area contributed by atoms with Crippen molar-refractivity contribution < 1.29 is 50.0 Å². The maximum atomic E-state index is 14.4. The van der Waals surface area contributed by atoms with Crippen LogP contribution in [-0.2, 0) is 14.3 Å². The quantitative estimate of drug-likeness (QED) is 0.177. The van der Waals surface area contributed by atoms with Gasteiger partial charge in [0.05, 0.1) is 30.8 Å². The first kappa shape index (κ1) is 34.7. The highest BCUT2D eigenvalue weighted by Crippen LogP contribution is 2.75. The van der Waals surface area contributed by atoms with Gasteiger partial charge in [-0.15, -0.1) is 0 Å². The molecule has 4 saturated carbocycles.